The molecular weight excluding hydrogens is 653 g/mol. The van der Waals surface area contributed by atoms with Crippen LogP contribution in [0.2, 0.25) is 0 Å². The van der Waals surface area contributed by atoms with Gasteiger partial charge in [0.15, 0.2) is 0 Å². The number of hydrogen-bond acceptors (Lipinski definition) is 8. The monoisotopic (exact) mass is 699 g/mol. The zero-order valence-corrected chi connectivity index (χ0v) is 29.2. The van der Waals surface area contributed by atoms with Crippen molar-refractivity contribution in [2.45, 2.75) is 70.7 Å². The van der Waals surface area contributed by atoms with Gasteiger partial charge >= 0.3 is 0 Å². The molecule has 3 aromatic rings. The van der Waals surface area contributed by atoms with Crippen LogP contribution in [-0.4, -0.2) is 72.4 Å². The van der Waals surface area contributed by atoms with Crippen molar-refractivity contribution in [3.05, 3.63) is 106 Å². The lowest BCUT2D eigenvalue weighted by molar-refractivity contribution is -0.385. The van der Waals surface area contributed by atoms with E-state index in [1.54, 1.807) is 58.9 Å². The smallest absolute Gasteiger partial charge is 0.270 e. The molecule has 266 valence electrons. The average molecular weight is 700 g/mol. The van der Waals surface area contributed by atoms with Gasteiger partial charge in [0.25, 0.3) is 5.69 Å². The molecule has 0 aliphatic carbocycles. The first-order valence-electron chi connectivity index (χ1n) is 16.0. The molecule has 0 fully saturated rings. The summed E-state index contributed by atoms with van der Waals surface area (Å²) in [7, 11) is -4.30. The third kappa shape index (κ3) is 12.0. The van der Waals surface area contributed by atoms with Crippen molar-refractivity contribution in [1.82, 2.24) is 20.3 Å². The average Bonchev–Trinajstić information content (AvgIpc) is 3.02. The van der Waals surface area contributed by atoms with Gasteiger partial charge in [0.1, 0.15) is 11.9 Å². The molecule has 3 rings (SSSR count). The normalized spacial score (nSPS) is 13.9. The molecule has 3 unspecified atom stereocenters. The van der Waals surface area contributed by atoms with Gasteiger partial charge in [0.05, 0.1) is 28.5 Å². The lowest BCUT2D eigenvalue weighted by Crippen LogP contribution is -2.59. The number of non-ortho nitro benzene ring substituents is 1. The van der Waals surface area contributed by atoms with Crippen LogP contribution in [-0.2, 0) is 32.6 Å². The minimum atomic E-state index is -4.30. The highest BCUT2D eigenvalue weighted by molar-refractivity contribution is 7.89. The van der Waals surface area contributed by atoms with Gasteiger partial charge < -0.3 is 21.1 Å². The van der Waals surface area contributed by atoms with Gasteiger partial charge in [0.2, 0.25) is 21.8 Å². The maximum atomic E-state index is 13.9. The van der Waals surface area contributed by atoms with Crippen molar-refractivity contribution in [3.63, 3.8) is 0 Å². The van der Waals surface area contributed by atoms with Crippen molar-refractivity contribution in [1.29, 1.82) is 0 Å². The number of carbonyl (C=O) groups is 2. The molecule has 3 atom stereocenters. The summed E-state index contributed by atoms with van der Waals surface area (Å²) in [4.78, 5) is 37.2. The molecule has 2 amide bonds. The van der Waals surface area contributed by atoms with Crippen LogP contribution in [0.3, 0.4) is 0 Å². The van der Waals surface area contributed by atoms with E-state index < -0.39 is 62.7 Å². The molecule has 0 radical (unpaired) electrons. The number of nitrogens with one attached hydrogen (secondary N) is 3. The Balaban J connectivity index is 1.83. The fraction of sp³-hybridized carbons (Fsp3) is 0.429. The summed E-state index contributed by atoms with van der Waals surface area (Å²) in [5.74, 6) is -1.62. The van der Waals surface area contributed by atoms with Crippen LogP contribution >= 0.6 is 0 Å². The molecule has 0 heterocycles. The summed E-state index contributed by atoms with van der Waals surface area (Å²) in [5, 5.41) is 31.5. The van der Waals surface area contributed by atoms with Gasteiger partial charge in [-0.25, -0.2) is 12.8 Å². The number of nitrogens with zero attached hydrogens (tertiary/aromatic N) is 2. The van der Waals surface area contributed by atoms with Gasteiger partial charge in [-0.15, -0.1) is 0 Å². The second-order valence-corrected chi connectivity index (χ2v) is 15.4. The van der Waals surface area contributed by atoms with E-state index in [4.69, 9.17) is 0 Å². The summed E-state index contributed by atoms with van der Waals surface area (Å²) < 4.78 is 42.1. The SMILES string of the molecule is CC(C)CN(CC(O)C(Cc1ccccc1)NC(=O)C(NC(=O)CNCc1cccc(F)c1)C(C)(C)C)S(=O)(=O)c1cccc([N+](=O)[O-])c1. The highest BCUT2D eigenvalue weighted by Crippen LogP contribution is 2.24. The Morgan fingerprint density at radius 3 is 2.20 bits per heavy atom. The number of amides is 2. The van der Waals surface area contributed by atoms with E-state index in [0.717, 1.165) is 15.9 Å². The number of sulfonamides is 1. The quantitative estimate of drug-likeness (QED) is 0.122. The van der Waals surface area contributed by atoms with Gasteiger partial charge in [-0.05, 0) is 47.1 Å². The van der Waals surface area contributed by atoms with Crippen molar-refractivity contribution in [3.8, 4) is 0 Å². The van der Waals surface area contributed by atoms with Crippen LogP contribution in [0.25, 0.3) is 0 Å². The lowest BCUT2D eigenvalue weighted by Gasteiger charge is -2.34. The summed E-state index contributed by atoms with van der Waals surface area (Å²) in [5.41, 5.74) is 0.260. The van der Waals surface area contributed by atoms with E-state index in [1.807, 2.05) is 18.2 Å². The molecule has 4 N–H and O–H groups in total. The first-order chi connectivity index (χ1) is 23.0. The number of aliphatic hydroxyl groups is 1. The molecule has 3 aromatic carbocycles. The van der Waals surface area contributed by atoms with Gasteiger partial charge in [-0.3, -0.25) is 19.7 Å². The Bertz CT molecular complexity index is 1680. The van der Waals surface area contributed by atoms with Crippen LogP contribution in [0.5, 0.6) is 0 Å². The molecule has 14 heteroatoms. The number of hydrogen-bond donors (Lipinski definition) is 4. The van der Waals surface area contributed by atoms with Crippen molar-refractivity contribution >= 4 is 27.5 Å². The molecule has 0 bridgehead atoms. The molecule has 0 spiro atoms. The number of benzene rings is 3. The van der Waals surface area contributed by atoms with Gasteiger partial charge in [-0.2, -0.15) is 4.31 Å². The van der Waals surface area contributed by atoms with Crippen molar-refractivity contribution in [2.24, 2.45) is 11.3 Å². The number of rotatable bonds is 17. The molecule has 0 aliphatic heterocycles. The fourth-order valence-corrected chi connectivity index (χ4v) is 6.85. The number of aliphatic hydroxyl groups excluding tert-OH is 1. The highest BCUT2D eigenvalue weighted by Gasteiger charge is 2.37. The number of halogens is 1. The molecule has 12 nitrogen and oxygen atoms in total. The van der Waals surface area contributed by atoms with E-state index in [1.165, 1.54) is 30.3 Å². The Kier molecular flexibility index (Phi) is 13.9. The second-order valence-electron chi connectivity index (χ2n) is 13.4. The standard InChI is InChI=1S/C35H46FN5O7S/c1-24(2)22-40(49(47,48)29-16-10-15-28(19-29)41(45)46)23-31(42)30(18-25-11-7-6-8-12-25)38-34(44)33(35(3,4)5)39-32(43)21-37-20-26-13-9-14-27(36)17-26/h6-17,19,24,30-31,33,37,42H,18,20-23H2,1-5H3,(H,38,44)(H,39,43). The maximum absolute atomic E-state index is 13.9. The molecular formula is C35H46FN5O7S. The molecule has 0 aliphatic rings. The minimum absolute atomic E-state index is 0.00259. The van der Waals surface area contributed by atoms with Gasteiger partial charge in [0, 0.05) is 31.8 Å². The summed E-state index contributed by atoms with van der Waals surface area (Å²) in [6, 6.07) is 17.7. The highest BCUT2D eigenvalue weighted by atomic mass is 32.2. The Morgan fingerprint density at radius 1 is 0.939 bits per heavy atom. The molecule has 0 saturated heterocycles. The zero-order valence-electron chi connectivity index (χ0n) is 28.4. The largest absolute Gasteiger partial charge is 0.390 e. The predicted octanol–water partition coefficient (Wildman–Crippen LogP) is 3.79. The first-order valence-corrected chi connectivity index (χ1v) is 17.4. The molecule has 0 saturated carbocycles. The van der Waals surface area contributed by atoms with E-state index in [2.05, 4.69) is 16.0 Å². The fourth-order valence-electron chi connectivity index (χ4n) is 5.19. The van der Waals surface area contributed by atoms with E-state index >= 15 is 0 Å². The van der Waals surface area contributed by atoms with Crippen LogP contribution in [0.1, 0.15) is 45.7 Å². The maximum Gasteiger partial charge on any atom is 0.270 e. The Hall–Kier alpha value is -4.24. The summed E-state index contributed by atoms with van der Waals surface area (Å²) in [6.45, 7) is 8.59. The molecule has 0 aromatic heterocycles. The van der Waals surface area contributed by atoms with E-state index in [9.17, 15) is 37.6 Å². The van der Waals surface area contributed by atoms with Crippen LogP contribution in [0, 0.1) is 27.3 Å². The topological polar surface area (TPSA) is 171 Å². The first kappa shape index (κ1) is 39.2. The lowest BCUT2D eigenvalue weighted by atomic mass is 9.85. The van der Waals surface area contributed by atoms with Crippen LogP contribution in [0.15, 0.2) is 83.8 Å². The van der Waals surface area contributed by atoms with E-state index in [0.29, 0.717) is 5.56 Å². The predicted molar refractivity (Wildman–Crippen MR) is 184 cm³/mol. The Morgan fingerprint density at radius 2 is 1.59 bits per heavy atom. The number of nitro groups is 1. The van der Waals surface area contributed by atoms with E-state index in [-0.39, 0.29) is 42.6 Å². The number of nitro benzene ring substituents is 1. The number of carbonyl (C=O) groups excluding carboxylic acids is 2. The third-order valence-corrected chi connectivity index (χ3v) is 9.48. The molecule has 49 heavy (non-hydrogen) atoms. The second kappa shape index (κ2) is 17.4. The zero-order chi connectivity index (χ0) is 36.4. The van der Waals surface area contributed by atoms with Crippen LogP contribution < -0.4 is 16.0 Å². The van der Waals surface area contributed by atoms with Crippen molar-refractivity contribution in [2.75, 3.05) is 19.6 Å². The van der Waals surface area contributed by atoms with Crippen LogP contribution in [0.4, 0.5) is 10.1 Å². The Labute approximate surface area is 287 Å². The summed E-state index contributed by atoms with van der Waals surface area (Å²) >= 11 is 0. The van der Waals surface area contributed by atoms with Gasteiger partial charge in [-0.1, -0.05) is 83.1 Å². The summed E-state index contributed by atoms with van der Waals surface area (Å²) in [6.07, 6.45) is -1.28. The minimum Gasteiger partial charge on any atom is -0.390 e. The van der Waals surface area contributed by atoms with Crippen molar-refractivity contribution < 1.29 is 32.4 Å². The third-order valence-electron chi connectivity index (χ3n) is 7.65.